The van der Waals surface area contributed by atoms with Crippen LogP contribution in [0.1, 0.15) is 45.7 Å². The molecule has 2 rings (SSSR count). The maximum atomic E-state index is 10.8. The Balaban J connectivity index is 0.000000433. The second-order valence-electron chi connectivity index (χ2n) is 8.08. The molecule has 32 heavy (non-hydrogen) atoms. The number of aromatic hydroxyl groups is 1. The summed E-state index contributed by atoms with van der Waals surface area (Å²) >= 11 is 0. The van der Waals surface area contributed by atoms with E-state index in [0.29, 0.717) is 5.57 Å². The van der Waals surface area contributed by atoms with Gasteiger partial charge in [0.05, 0.1) is 0 Å². The molecule has 0 fully saturated rings. The normalized spacial score (nSPS) is 12.2. The Labute approximate surface area is 191 Å². The van der Waals surface area contributed by atoms with Gasteiger partial charge in [0.15, 0.2) is 6.29 Å². The summed E-state index contributed by atoms with van der Waals surface area (Å²) in [6, 6.07) is 14.9. The second kappa shape index (κ2) is 13.2. The quantitative estimate of drug-likeness (QED) is 0.235. The van der Waals surface area contributed by atoms with E-state index in [1.807, 2.05) is 88.4 Å². The van der Waals surface area contributed by atoms with Crippen molar-refractivity contribution in [2.75, 3.05) is 7.11 Å². The van der Waals surface area contributed by atoms with Crippen LogP contribution in [-0.2, 0) is 14.3 Å². The minimum Gasteiger partial charge on any atom is -0.508 e. The topological polar surface area (TPSA) is 65.0 Å². The van der Waals surface area contributed by atoms with E-state index in [1.54, 1.807) is 26.2 Å². The lowest BCUT2D eigenvalue weighted by Gasteiger charge is -2.19. The predicted octanol–water partition coefficient (Wildman–Crippen LogP) is 6.39. The molecule has 5 nitrogen and oxygen atoms in total. The van der Waals surface area contributed by atoms with Crippen LogP contribution in [0.25, 0.3) is 12.2 Å². The summed E-state index contributed by atoms with van der Waals surface area (Å²) in [5.41, 5.74) is 2.17. The molecule has 0 heterocycles. The Morgan fingerprint density at radius 3 is 1.81 bits per heavy atom. The van der Waals surface area contributed by atoms with Crippen molar-refractivity contribution in [3.05, 3.63) is 84.0 Å². The van der Waals surface area contributed by atoms with E-state index in [0.717, 1.165) is 16.9 Å². The highest BCUT2D eigenvalue weighted by Crippen LogP contribution is 2.15. The van der Waals surface area contributed by atoms with Crippen LogP contribution in [0.15, 0.2) is 72.8 Å². The number of hydrogen-bond donors (Lipinski definition) is 1. The molecule has 1 unspecified atom stereocenters. The summed E-state index contributed by atoms with van der Waals surface area (Å²) in [5.74, 6) is 0.733. The molecule has 2 aromatic rings. The minimum absolute atomic E-state index is 0.255. The highest BCUT2D eigenvalue weighted by Gasteiger charge is 2.15. The SMILES string of the molecule is C=C(C)C(=O)OC(C)(C)C.COC(C)Oc1ccc(C=CC=Cc2ccc(O)cc2)cc1. The lowest BCUT2D eigenvalue weighted by atomic mass is 10.2. The van der Waals surface area contributed by atoms with Gasteiger partial charge in [-0.05, 0) is 70.0 Å². The molecule has 172 valence electrons. The number of esters is 1. The zero-order valence-electron chi connectivity index (χ0n) is 19.8. The van der Waals surface area contributed by atoms with Crippen LogP contribution in [0.5, 0.6) is 11.5 Å². The van der Waals surface area contributed by atoms with Gasteiger partial charge < -0.3 is 19.3 Å². The van der Waals surface area contributed by atoms with Crippen molar-refractivity contribution >= 4 is 18.1 Å². The van der Waals surface area contributed by atoms with E-state index < -0.39 is 5.60 Å². The van der Waals surface area contributed by atoms with Gasteiger partial charge in [0, 0.05) is 12.7 Å². The van der Waals surface area contributed by atoms with E-state index in [4.69, 9.17) is 14.2 Å². The van der Waals surface area contributed by atoms with Gasteiger partial charge in [-0.3, -0.25) is 0 Å². The summed E-state index contributed by atoms with van der Waals surface area (Å²) in [7, 11) is 1.61. The summed E-state index contributed by atoms with van der Waals surface area (Å²) < 4.78 is 15.5. The number of carbonyl (C=O) groups is 1. The lowest BCUT2D eigenvalue weighted by molar-refractivity contribution is -0.149. The highest BCUT2D eigenvalue weighted by molar-refractivity contribution is 5.87. The van der Waals surface area contributed by atoms with Crippen molar-refractivity contribution in [1.29, 1.82) is 0 Å². The average molecular weight is 439 g/mol. The molecule has 1 atom stereocenters. The molecule has 0 saturated heterocycles. The van der Waals surface area contributed by atoms with Gasteiger partial charge in [-0.25, -0.2) is 4.79 Å². The molecule has 0 amide bonds. The van der Waals surface area contributed by atoms with Crippen molar-refractivity contribution in [3.8, 4) is 11.5 Å². The number of methoxy groups -OCH3 is 1. The molecule has 0 spiro atoms. The van der Waals surface area contributed by atoms with Crippen LogP contribution >= 0.6 is 0 Å². The van der Waals surface area contributed by atoms with Crippen molar-refractivity contribution in [2.45, 2.75) is 46.5 Å². The monoisotopic (exact) mass is 438 g/mol. The van der Waals surface area contributed by atoms with Crippen LogP contribution in [0.3, 0.4) is 0 Å². The molecule has 0 aliphatic heterocycles. The first-order chi connectivity index (χ1) is 15.0. The molecule has 5 heteroatoms. The highest BCUT2D eigenvalue weighted by atomic mass is 16.7. The molecule has 1 N–H and O–H groups in total. The molecule has 0 aromatic heterocycles. The lowest BCUT2D eigenvalue weighted by Crippen LogP contribution is -2.23. The van der Waals surface area contributed by atoms with Crippen molar-refractivity contribution in [1.82, 2.24) is 0 Å². The zero-order chi connectivity index (χ0) is 24.1. The van der Waals surface area contributed by atoms with Gasteiger partial charge in [0.1, 0.15) is 17.1 Å². The van der Waals surface area contributed by atoms with Crippen LogP contribution in [0.2, 0.25) is 0 Å². The molecular weight excluding hydrogens is 404 g/mol. The van der Waals surface area contributed by atoms with Gasteiger partial charge in [0.25, 0.3) is 0 Å². The number of allylic oxidation sites excluding steroid dienone is 2. The van der Waals surface area contributed by atoms with Crippen molar-refractivity contribution in [2.24, 2.45) is 0 Å². The third kappa shape index (κ3) is 11.8. The fourth-order valence-electron chi connectivity index (χ4n) is 2.18. The fourth-order valence-corrected chi connectivity index (χ4v) is 2.18. The Bertz CT molecular complexity index is 901. The Kier molecular flexibility index (Phi) is 11.0. The fraction of sp³-hybridized carbons (Fsp3) is 0.296. The summed E-state index contributed by atoms with van der Waals surface area (Å²) in [6.45, 7) is 12.4. The van der Waals surface area contributed by atoms with Crippen molar-refractivity contribution in [3.63, 3.8) is 0 Å². The number of hydrogen-bond acceptors (Lipinski definition) is 5. The smallest absolute Gasteiger partial charge is 0.333 e. The molecule has 0 aliphatic rings. The van der Waals surface area contributed by atoms with E-state index in [-0.39, 0.29) is 18.0 Å². The largest absolute Gasteiger partial charge is 0.508 e. The molecule has 0 bridgehead atoms. The first kappa shape index (κ1) is 26.7. The third-order valence-corrected chi connectivity index (χ3v) is 3.84. The van der Waals surface area contributed by atoms with Crippen molar-refractivity contribution < 1.29 is 24.1 Å². The summed E-state index contributed by atoms with van der Waals surface area (Å²) in [4.78, 5) is 10.8. The number of rotatable bonds is 7. The maximum absolute atomic E-state index is 10.8. The third-order valence-electron chi connectivity index (χ3n) is 3.84. The van der Waals surface area contributed by atoms with E-state index in [9.17, 15) is 9.90 Å². The number of ether oxygens (including phenoxy) is 3. The first-order valence-corrected chi connectivity index (χ1v) is 10.3. The van der Waals surface area contributed by atoms with Gasteiger partial charge in [-0.2, -0.15) is 0 Å². The van der Waals surface area contributed by atoms with E-state index in [1.165, 1.54) is 0 Å². The minimum atomic E-state index is -0.407. The summed E-state index contributed by atoms with van der Waals surface area (Å²) in [5, 5.41) is 9.21. The first-order valence-electron chi connectivity index (χ1n) is 10.3. The molecule has 0 saturated carbocycles. The molecule has 0 aliphatic carbocycles. The number of phenols is 1. The van der Waals surface area contributed by atoms with Gasteiger partial charge >= 0.3 is 5.97 Å². The van der Waals surface area contributed by atoms with Gasteiger partial charge in [-0.1, -0.05) is 55.1 Å². The molecule has 0 radical (unpaired) electrons. The zero-order valence-corrected chi connectivity index (χ0v) is 19.8. The maximum Gasteiger partial charge on any atom is 0.333 e. The number of phenolic OH excluding ortho intramolecular Hbond substituents is 1. The van der Waals surface area contributed by atoms with Crippen LogP contribution < -0.4 is 4.74 Å². The van der Waals surface area contributed by atoms with E-state index in [2.05, 4.69) is 6.58 Å². The Morgan fingerprint density at radius 1 is 0.969 bits per heavy atom. The Morgan fingerprint density at radius 2 is 1.44 bits per heavy atom. The van der Waals surface area contributed by atoms with Gasteiger partial charge in [0.2, 0.25) is 0 Å². The average Bonchev–Trinajstić information content (AvgIpc) is 2.73. The van der Waals surface area contributed by atoms with Crippen LogP contribution in [0, 0.1) is 0 Å². The number of benzene rings is 2. The second-order valence-corrected chi connectivity index (χ2v) is 8.08. The molecule has 2 aromatic carbocycles. The Hall–Kier alpha value is -3.31. The van der Waals surface area contributed by atoms with E-state index >= 15 is 0 Å². The number of carbonyl (C=O) groups excluding carboxylic acids is 1. The summed E-state index contributed by atoms with van der Waals surface area (Å²) in [6.07, 6.45) is 7.67. The molecular formula is C27H34O5. The predicted molar refractivity (Wildman–Crippen MR) is 130 cm³/mol. The standard InChI is InChI=1S/C19H20O3.C8H14O2/c1-15(21-2)22-19-13-9-17(10-14-19)6-4-3-5-16-7-11-18(20)12-8-16;1-6(2)7(9)10-8(3,4)5/h3-15,20H,1-2H3;1H2,2-5H3. The van der Waals surface area contributed by atoms with Gasteiger partial charge in [-0.15, -0.1) is 0 Å². The van der Waals surface area contributed by atoms with Crippen LogP contribution in [0.4, 0.5) is 0 Å². The van der Waals surface area contributed by atoms with Crippen LogP contribution in [-0.4, -0.2) is 30.1 Å².